The molecule has 106 valence electrons. The molecule has 2 aromatic carbocycles. The third-order valence-corrected chi connectivity index (χ3v) is 3.83. The van der Waals surface area contributed by atoms with E-state index < -0.39 is 5.82 Å². The lowest BCUT2D eigenvalue weighted by molar-refractivity contribution is 0.444. The van der Waals surface area contributed by atoms with Crippen molar-refractivity contribution in [1.82, 2.24) is 0 Å². The van der Waals surface area contributed by atoms with Crippen molar-refractivity contribution >= 4 is 34.6 Å². The van der Waals surface area contributed by atoms with Crippen LogP contribution in [0.25, 0.3) is 0 Å². The van der Waals surface area contributed by atoms with Gasteiger partial charge in [0.25, 0.3) is 0 Å². The predicted molar refractivity (Wildman–Crippen MR) is 81.2 cm³/mol. The van der Waals surface area contributed by atoms with Gasteiger partial charge in [-0.05, 0) is 43.2 Å². The second-order valence-corrected chi connectivity index (χ2v) is 5.24. The first-order valence-electron chi connectivity index (χ1n) is 5.78. The molecule has 0 aliphatic rings. The summed E-state index contributed by atoms with van der Waals surface area (Å²) in [6.45, 7) is 3.66. The summed E-state index contributed by atoms with van der Waals surface area (Å²) >= 11 is 11.8. The Labute approximate surface area is 126 Å². The van der Waals surface area contributed by atoms with Crippen LogP contribution < -0.4 is 16.2 Å². The van der Waals surface area contributed by atoms with Crippen molar-refractivity contribution in [2.75, 3.05) is 11.5 Å². The van der Waals surface area contributed by atoms with Crippen molar-refractivity contribution in [1.29, 1.82) is 0 Å². The zero-order valence-electron chi connectivity index (χ0n) is 10.9. The first-order valence-corrected chi connectivity index (χ1v) is 6.54. The van der Waals surface area contributed by atoms with E-state index in [-0.39, 0.29) is 22.1 Å². The molecular formula is C14H13Cl2FN2O. The molecule has 4 N–H and O–H groups in total. The first-order chi connectivity index (χ1) is 9.31. The van der Waals surface area contributed by atoms with E-state index >= 15 is 0 Å². The van der Waals surface area contributed by atoms with E-state index in [4.69, 9.17) is 39.4 Å². The third kappa shape index (κ3) is 2.62. The monoisotopic (exact) mass is 314 g/mol. The minimum Gasteiger partial charge on any atom is -0.452 e. The van der Waals surface area contributed by atoms with Crippen LogP contribution in [0.3, 0.4) is 0 Å². The maximum absolute atomic E-state index is 14.0. The summed E-state index contributed by atoms with van der Waals surface area (Å²) in [7, 11) is 0. The number of aryl methyl sites for hydroxylation is 2. The summed E-state index contributed by atoms with van der Waals surface area (Å²) in [5.74, 6) is -0.504. The van der Waals surface area contributed by atoms with E-state index in [0.29, 0.717) is 10.8 Å². The van der Waals surface area contributed by atoms with Crippen molar-refractivity contribution in [3.63, 3.8) is 0 Å². The standard InChI is InChI=1S/C14H13Cl2FN2O/c1-6-3-8(4-7(2)11(6)15)20-14-10(19)5-9(18)12(16)13(14)17/h3-5H,18-19H2,1-2H3. The van der Waals surface area contributed by atoms with Gasteiger partial charge in [-0.15, -0.1) is 0 Å². The average molecular weight is 315 g/mol. The van der Waals surface area contributed by atoms with Crippen LogP contribution in [0.5, 0.6) is 11.5 Å². The van der Waals surface area contributed by atoms with E-state index in [9.17, 15) is 4.39 Å². The molecule has 0 atom stereocenters. The Bertz CT molecular complexity index is 666. The van der Waals surface area contributed by atoms with E-state index in [0.717, 1.165) is 11.1 Å². The number of hydrogen-bond donors (Lipinski definition) is 2. The molecule has 0 aromatic heterocycles. The van der Waals surface area contributed by atoms with Crippen LogP contribution in [0.4, 0.5) is 15.8 Å². The Morgan fingerprint density at radius 3 is 2.05 bits per heavy atom. The lowest BCUT2D eigenvalue weighted by Crippen LogP contribution is -2.00. The molecule has 0 unspecified atom stereocenters. The Morgan fingerprint density at radius 2 is 1.50 bits per heavy atom. The molecule has 0 aliphatic carbocycles. The normalized spacial score (nSPS) is 10.7. The highest BCUT2D eigenvalue weighted by atomic mass is 35.5. The lowest BCUT2D eigenvalue weighted by Gasteiger charge is -2.13. The SMILES string of the molecule is Cc1cc(Oc2c(N)cc(N)c(Cl)c2F)cc(C)c1Cl. The van der Waals surface area contributed by atoms with Gasteiger partial charge in [0.1, 0.15) is 10.8 Å². The molecule has 0 heterocycles. The number of halogens is 3. The van der Waals surface area contributed by atoms with Crippen LogP contribution in [0.15, 0.2) is 18.2 Å². The summed E-state index contributed by atoms with van der Waals surface area (Å²) in [4.78, 5) is 0. The minimum absolute atomic E-state index is 0.0671. The van der Waals surface area contributed by atoms with Gasteiger partial charge in [0.05, 0.1) is 11.4 Å². The first kappa shape index (κ1) is 14.8. The Balaban J connectivity index is 2.48. The zero-order valence-corrected chi connectivity index (χ0v) is 12.4. The van der Waals surface area contributed by atoms with Gasteiger partial charge >= 0.3 is 0 Å². The maximum Gasteiger partial charge on any atom is 0.188 e. The van der Waals surface area contributed by atoms with Crippen molar-refractivity contribution in [2.24, 2.45) is 0 Å². The van der Waals surface area contributed by atoms with E-state index in [1.807, 2.05) is 13.8 Å². The van der Waals surface area contributed by atoms with Crippen LogP contribution in [-0.4, -0.2) is 0 Å². The highest BCUT2D eigenvalue weighted by Gasteiger charge is 2.17. The predicted octanol–water partition coefficient (Wildman–Crippen LogP) is 4.71. The molecule has 2 aromatic rings. The van der Waals surface area contributed by atoms with Gasteiger partial charge in [0.2, 0.25) is 0 Å². The molecule has 0 bridgehead atoms. The van der Waals surface area contributed by atoms with Crippen LogP contribution in [0, 0.1) is 19.7 Å². The summed E-state index contributed by atoms with van der Waals surface area (Å²) < 4.78 is 19.5. The molecule has 0 amide bonds. The van der Waals surface area contributed by atoms with Crippen LogP contribution >= 0.6 is 23.2 Å². The molecule has 0 saturated heterocycles. The quantitative estimate of drug-likeness (QED) is 0.789. The summed E-state index contributed by atoms with van der Waals surface area (Å²) in [6.07, 6.45) is 0. The molecule has 0 saturated carbocycles. The minimum atomic E-state index is -0.783. The fourth-order valence-corrected chi connectivity index (χ4v) is 2.09. The fraction of sp³-hybridized carbons (Fsp3) is 0.143. The van der Waals surface area contributed by atoms with Gasteiger partial charge in [0, 0.05) is 5.02 Å². The van der Waals surface area contributed by atoms with Crippen LogP contribution in [-0.2, 0) is 0 Å². The van der Waals surface area contributed by atoms with Crippen molar-refractivity contribution < 1.29 is 9.13 Å². The molecule has 2 rings (SSSR count). The van der Waals surface area contributed by atoms with Crippen molar-refractivity contribution in [3.8, 4) is 11.5 Å². The van der Waals surface area contributed by atoms with Gasteiger partial charge in [-0.2, -0.15) is 0 Å². The molecular weight excluding hydrogens is 302 g/mol. The number of benzene rings is 2. The molecule has 6 heteroatoms. The molecule has 0 radical (unpaired) electrons. The van der Waals surface area contributed by atoms with Crippen molar-refractivity contribution in [3.05, 3.63) is 45.2 Å². The number of hydrogen-bond acceptors (Lipinski definition) is 3. The highest BCUT2D eigenvalue weighted by Crippen LogP contribution is 2.39. The highest BCUT2D eigenvalue weighted by molar-refractivity contribution is 6.33. The molecule has 0 aliphatic heterocycles. The zero-order chi connectivity index (χ0) is 15.0. The number of anilines is 2. The lowest BCUT2D eigenvalue weighted by atomic mass is 10.1. The van der Waals surface area contributed by atoms with Crippen molar-refractivity contribution in [2.45, 2.75) is 13.8 Å². The summed E-state index contributed by atoms with van der Waals surface area (Å²) in [6, 6.07) is 4.74. The third-order valence-electron chi connectivity index (χ3n) is 2.85. The molecule has 20 heavy (non-hydrogen) atoms. The van der Waals surface area contributed by atoms with E-state index in [2.05, 4.69) is 0 Å². The van der Waals surface area contributed by atoms with E-state index in [1.54, 1.807) is 12.1 Å². The average Bonchev–Trinajstić information content (AvgIpc) is 2.38. The molecule has 0 spiro atoms. The second kappa shape index (κ2) is 5.38. The molecule has 0 fully saturated rings. The molecule has 3 nitrogen and oxygen atoms in total. The maximum atomic E-state index is 14.0. The Morgan fingerprint density at radius 1 is 0.950 bits per heavy atom. The second-order valence-electron chi connectivity index (χ2n) is 4.49. The van der Waals surface area contributed by atoms with Gasteiger partial charge in [-0.1, -0.05) is 23.2 Å². The van der Waals surface area contributed by atoms with Gasteiger partial charge in [0.15, 0.2) is 11.6 Å². The number of nitrogen functional groups attached to an aromatic ring is 2. The topological polar surface area (TPSA) is 61.3 Å². The Kier molecular flexibility index (Phi) is 3.97. The smallest absolute Gasteiger partial charge is 0.188 e. The fourth-order valence-electron chi connectivity index (χ4n) is 1.84. The number of ether oxygens (including phenoxy) is 1. The largest absolute Gasteiger partial charge is 0.452 e. The number of nitrogens with two attached hydrogens (primary N) is 2. The van der Waals surface area contributed by atoms with Crippen LogP contribution in [0.1, 0.15) is 11.1 Å². The summed E-state index contributed by atoms with van der Waals surface area (Å²) in [5, 5.41) is 0.428. The van der Waals surface area contributed by atoms with E-state index in [1.165, 1.54) is 6.07 Å². The van der Waals surface area contributed by atoms with Gasteiger partial charge < -0.3 is 16.2 Å². The van der Waals surface area contributed by atoms with Gasteiger partial charge in [-0.3, -0.25) is 0 Å². The summed E-state index contributed by atoms with van der Waals surface area (Å²) in [5.41, 5.74) is 13.0. The number of rotatable bonds is 2. The Hall–Kier alpha value is -1.65. The van der Waals surface area contributed by atoms with Crippen LogP contribution in [0.2, 0.25) is 10.0 Å². The van der Waals surface area contributed by atoms with Gasteiger partial charge in [-0.25, -0.2) is 4.39 Å².